The summed E-state index contributed by atoms with van der Waals surface area (Å²) in [5.41, 5.74) is 5.55. The number of ether oxygens (including phenoxy) is 1. The Bertz CT molecular complexity index is 294. The molecule has 7 nitrogen and oxygen atoms in total. The SMILES string of the molecule is NCC1CN(CCN2C(=O)CNC2=O)CCO1. The Balaban J connectivity index is 1.77. The largest absolute Gasteiger partial charge is 0.374 e. The summed E-state index contributed by atoms with van der Waals surface area (Å²) >= 11 is 0. The summed E-state index contributed by atoms with van der Waals surface area (Å²) in [6.07, 6.45) is 0.0619. The molecule has 2 heterocycles. The standard InChI is InChI=1S/C10H18N4O3/c11-5-8-7-13(3-4-17-8)1-2-14-9(15)6-12-10(14)16/h8H,1-7,11H2,(H,12,16). The number of nitrogens with one attached hydrogen (secondary N) is 1. The van der Waals surface area contributed by atoms with E-state index in [1.165, 1.54) is 4.90 Å². The van der Waals surface area contributed by atoms with Crippen molar-refractivity contribution >= 4 is 11.9 Å². The van der Waals surface area contributed by atoms with Crippen molar-refractivity contribution in [3.8, 4) is 0 Å². The summed E-state index contributed by atoms with van der Waals surface area (Å²) in [4.78, 5) is 26.1. The fourth-order valence-electron chi connectivity index (χ4n) is 2.05. The van der Waals surface area contributed by atoms with Crippen LogP contribution in [0.1, 0.15) is 0 Å². The second kappa shape index (κ2) is 5.44. The maximum absolute atomic E-state index is 11.4. The van der Waals surface area contributed by atoms with Crippen molar-refractivity contribution in [2.45, 2.75) is 6.10 Å². The monoisotopic (exact) mass is 242 g/mol. The van der Waals surface area contributed by atoms with Crippen LogP contribution in [0.4, 0.5) is 4.79 Å². The molecule has 0 radical (unpaired) electrons. The molecule has 0 saturated carbocycles. The zero-order chi connectivity index (χ0) is 12.3. The van der Waals surface area contributed by atoms with Crippen LogP contribution in [-0.4, -0.2) is 73.7 Å². The number of morpholine rings is 1. The molecule has 0 aromatic carbocycles. The quantitative estimate of drug-likeness (QED) is 0.568. The van der Waals surface area contributed by atoms with Gasteiger partial charge >= 0.3 is 6.03 Å². The number of imide groups is 1. The van der Waals surface area contributed by atoms with Gasteiger partial charge in [-0.25, -0.2) is 4.79 Å². The van der Waals surface area contributed by atoms with Gasteiger partial charge in [-0.3, -0.25) is 14.6 Å². The number of carbonyl (C=O) groups is 2. The molecule has 2 saturated heterocycles. The summed E-state index contributed by atoms with van der Waals surface area (Å²) in [5.74, 6) is -0.154. The summed E-state index contributed by atoms with van der Waals surface area (Å²) in [5, 5.41) is 2.50. The van der Waals surface area contributed by atoms with E-state index in [2.05, 4.69) is 10.2 Å². The lowest BCUT2D eigenvalue weighted by Crippen LogP contribution is -2.48. The molecule has 1 atom stereocenters. The normalized spacial score (nSPS) is 26.4. The van der Waals surface area contributed by atoms with Crippen molar-refractivity contribution in [3.63, 3.8) is 0 Å². The number of nitrogens with zero attached hydrogens (tertiary/aromatic N) is 2. The van der Waals surface area contributed by atoms with Gasteiger partial charge in [-0.15, -0.1) is 0 Å². The van der Waals surface area contributed by atoms with Crippen LogP contribution in [-0.2, 0) is 9.53 Å². The van der Waals surface area contributed by atoms with E-state index in [4.69, 9.17) is 10.5 Å². The molecule has 17 heavy (non-hydrogen) atoms. The van der Waals surface area contributed by atoms with E-state index < -0.39 is 0 Å². The Morgan fingerprint density at radius 1 is 1.41 bits per heavy atom. The average molecular weight is 242 g/mol. The topological polar surface area (TPSA) is 87.9 Å². The first-order valence-electron chi connectivity index (χ1n) is 5.83. The molecule has 0 aliphatic carbocycles. The molecular weight excluding hydrogens is 224 g/mol. The van der Waals surface area contributed by atoms with Crippen molar-refractivity contribution in [2.75, 3.05) is 45.9 Å². The van der Waals surface area contributed by atoms with E-state index in [1.54, 1.807) is 0 Å². The van der Waals surface area contributed by atoms with E-state index in [1.807, 2.05) is 0 Å². The van der Waals surface area contributed by atoms with Gasteiger partial charge in [0.05, 0.1) is 19.3 Å². The highest BCUT2D eigenvalue weighted by atomic mass is 16.5. The van der Waals surface area contributed by atoms with Gasteiger partial charge in [0.15, 0.2) is 0 Å². The molecule has 2 aliphatic rings. The summed E-state index contributed by atoms with van der Waals surface area (Å²) < 4.78 is 5.44. The Kier molecular flexibility index (Phi) is 3.93. The third kappa shape index (κ3) is 2.93. The summed E-state index contributed by atoms with van der Waals surface area (Å²) in [6.45, 7) is 3.97. The van der Waals surface area contributed by atoms with Crippen LogP contribution in [0.15, 0.2) is 0 Å². The van der Waals surface area contributed by atoms with Gasteiger partial charge in [0.2, 0.25) is 5.91 Å². The predicted molar refractivity (Wildman–Crippen MR) is 60.3 cm³/mol. The van der Waals surface area contributed by atoms with Crippen LogP contribution in [0, 0.1) is 0 Å². The minimum absolute atomic E-state index is 0.0619. The molecule has 2 rings (SSSR count). The van der Waals surface area contributed by atoms with Crippen molar-refractivity contribution in [1.29, 1.82) is 0 Å². The van der Waals surface area contributed by atoms with Crippen molar-refractivity contribution < 1.29 is 14.3 Å². The highest BCUT2D eigenvalue weighted by Crippen LogP contribution is 2.05. The molecule has 0 bridgehead atoms. The molecule has 2 fully saturated rings. The van der Waals surface area contributed by atoms with Crippen LogP contribution in [0.5, 0.6) is 0 Å². The lowest BCUT2D eigenvalue weighted by atomic mass is 10.2. The number of hydrogen-bond donors (Lipinski definition) is 2. The number of rotatable bonds is 4. The van der Waals surface area contributed by atoms with Crippen molar-refractivity contribution in [2.24, 2.45) is 5.73 Å². The second-order valence-electron chi connectivity index (χ2n) is 4.23. The minimum Gasteiger partial charge on any atom is -0.374 e. The molecule has 0 spiro atoms. The molecule has 1 unspecified atom stereocenters. The summed E-state index contributed by atoms with van der Waals surface area (Å²) in [6, 6.07) is -0.293. The highest BCUT2D eigenvalue weighted by Gasteiger charge is 2.29. The second-order valence-corrected chi connectivity index (χ2v) is 4.23. The van der Waals surface area contributed by atoms with Crippen LogP contribution in [0.3, 0.4) is 0 Å². The van der Waals surface area contributed by atoms with Gasteiger partial charge in [0.1, 0.15) is 0 Å². The number of hydrogen-bond acceptors (Lipinski definition) is 5. The first-order valence-corrected chi connectivity index (χ1v) is 5.83. The molecular formula is C10H18N4O3. The Labute approximate surface area is 99.9 Å². The Morgan fingerprint density at radius 2 is 2.24 bits per heavy atom. The van der Waals surface area contributed by atoms with Gasteiger partial charge in [0.25, 0.3) is 0 Å². The fourth-order valence-corrected chi connectivity index (χ4v) is 2.05. The fraction of sp³-hybridized carbons (Fsp3) is 0.800. The maximum atomic E-state index is 11.4. The zero-order valence-corrected chi connectivity index (χ0v) is 9.72. The first-order chi connectivity index (χ1) is 8.20. The van der Waals surface area contributed by atoms with Crippen LogP contribution >= 0.6 is 0 Å². The van der Waals surface area contributed by atoms with Gasteiger partial charge in [-0.1, -0.05) is 0 Å². The highest BCUT2D eigenvalue weighted by molar-refractivity contribution is 6.01. The van der Waals surface area contributed by atoms with Crippen LogP contribution in [0.25, 0.3) is 0 Å². The molecule has 7 heteroatoms. The maximum Gasteiger partial charge on any atom is 0.324 e. The number of urea groups is 1. The predicted octanol–water partition coefficient (Wildman–Crippen LogP) is -1.80. The molecule has 3 N–H and O–H groups in total. The average Bonchev–Trinajstić information content (AvgIpc) is 2.67. The molecule has 0 aromatic heterocycles. The van der Waals surface area contributed by atoms with E-state index in [0.29, 0.717) is 26.2 Å². The van der Waals surface area contributed by atoms with E-state index >= 15 is 0 Å². The van der Waals surface area contributed by atoms with Gasteiger partial charge in [-0.05, 0) is 0 Å². The van der Waals surface area contributed by atoms with E-state index in [-0.39, 0.29) is 24.6 Å². The molecule has 96 valence electrons. The van der Waals surface area contributed by atoms with Crippen LogP contribution < -0.4 is 11.1 Å². The van der Waals surface area contributed by atoms with Crippen molar-refractivity contribution in [3.05, 3.63) is 0 Å². The van der Waals surface area contributed by atoms with E-state index in [0.717, 1.165) is 13.1 Å². The first kappa shape index (κ1) is 12.3. The Hall–Kier alpha value is -1.18. The lowest BCUT2D eigenvalue weighted by Gasteiger charge is -2.32. The molecule has 3 amide bonds. The van der Waals surface area contributed by atoms with E-state index in [9.17, 15) is 9.59 Å². The number of carbonyl (C=O) groups excluding carboxylic acids is 2. The number of nitrogens with two attached hydrogens (primary N) is 1. The third-order valence-corrected chi connectivity index (χ3v) is 3.06. The van der Waals surface area contributed by atoms with Gasteiger partial charge in [0, 0.05) is 32.7 Å². The van der Waals surface area contributed by atoms with Gasteiger partial charge in [-0.2, -0.15) is 0 Å². The lowest BCUT2D eigenvalue weighted by molar-refractivity contribution is -0.125. The number of amides is 3. The summed E-state index contributed by atoms with van der Waals surface area (Å²) in [7, 11) is 0. The third-order valence-electron chi connectivity index (χ3n) is 3.06. The van der Waals surface area contributed by atoms with Crippen LogP contribution in [0.2, 0.25) is 0 Å². The minimum atomic E-state index is -0.293. The Morgan fingerprint density at radius 3 is 2.88 bits per heavy atom. The molecule has 0 aromatic rings. The zero-order valence-electron chi connectivity index (χ0n) is 9.72. The molecule has 2 aliphatic heterocycles. The van der Waals surface area contributed by atoms with Crippen molar-refractivity contribution in [1.82, 2.24) is 15.1 Å². The smallest absolute Gasteiger partial charge is 0.324 e. The van der Waals surface area contributed by atoms with Gasteiger partial charge < -0.3 is 15.8 Å².